The first kappa shape index (κ1) is 19.3. The molecular formula is C18H14ClN2O3Ti-. The molecule has 0 spiro atoms. The number of pyridine rings is 1. The molecule has 5 nitrogen and oxygen atoms in total. The average Bonchev–Trinajstić information content (AvgIpc) is 2.54. The van der Waals surface area contributed by atoms with Crippen LogP contribution in [0.5, 0.6) is 17.2 Å². The van der Waals surface area contributed by atoms with Crippen molar-refractivity contribution in [2.45, 2.75) is 13.8 Å². The zero-order valence-electron chi connectivity index (χ0n) is 13.6. The number of carbonyl (C=O) groups excluding carboxylic acids is 1. The largest absolute Gasteiger partial charge is 0.662 e. The quantitative estimate of drug-likeness (QED) is 0.493. The molecule has 0 aliphatic rings. The molecule has 1 heterocycles. The SMILES string of the molecule is Cc1cccc(C)c1Oc1ccc2c(O)c(C([NH-])=O)nc(Cl)c2c1.[Ti]. The molecule has 1 aromatic heterocycles. The molecule has 2 N–H and O–H groups in total. The summed E-state index contributed by atoms with van der Waals surface area (Å²) in [4.78, 5) is 15.0. The first-order valence-corrected chi connectivity index (χ1v) is 7.58. The summed E-state index contributed by atoms with van der Waals surface area (Å²) in [6.07, 6.45) is 0. The van der Waals surface area contributed by atoms with Gasteiger partial charge in [-0.2, -0.15) is 0 Å². The summed E-state index contributed by atoms with van der Waals surface area (Å²) in [5.41, 5.74) is 8.75. The fourth-order valence-corrected chi connectivity index (χ4v) is 2.78. The number of hydrogen-bond acceptors (Lipinski definition) is 4. The van der Waals surface area contributed by atoms with Crippen molar-refractivity contribution < 1.29 is 36.4 Å². The maximum Gasteiger partial charge on any atom is 0.151 e. The second kappa shape index (κ2) is 7.44. The van der Waals surface area contributed by atoms with Crippen molar-refractivity contribution in [2.24, 2.45) is 0 Å². The number of hydrogen-bond donors (Lipinski definition) is 1. The number of para-hydroxylation sites is 1. The van der Waals surface area contributed by atoms with Crippen LogP contribution in [0.4, 0.5) is 0 Å². The molecule has 0 bridgehead atoms. The fourth-order valence-electron chi connectivity index (χ4n) is 2.54. The predicted octanol–water partition coefficient (Wildman–Crippen LogP) is 5.19. The van der Waals surface area contributed by atoms with Gasteiger partial charge in [0.2, 0.25) is 0 Å². The third kappa shape index (κ3) is 3.64. The summed E-state index contributed by atoms with van der Waals surface area (Å²) in [7, 11) is 0. The molecule has 0 fully saturated rings. The van der Waals surface area contributed by atoms with E-state index in [-0.39, 0.29) is 38.3 Å². The smallest absolute Gasteiger partial charge is 0.151 e. The predicted molar refractivity (Wildman–Crippen MR) is 93.1 cm³/mol. The van der Waals surface area contributed by atoms with Gasteiger partial charge in [-0.05, 0) is 43.2 Å². The zero-order chi connectivity index (χ0) is 17.4. The monoisotopic (exact) mass is 389 g/mol. The van der Waals surface area contributed by atoms with E-state index in [1.165, 1.54) is 0 Å². The molecule has 2 aromatic carbocycles. The number of aromatic hydroxyl groups is 1. The topological polar surface area (TPSA) is 83.2 Å². The second-order valence-corrected chi connectivity index (χ2v) is 5.82. The number of aryl methyl sites for hydroxylation is 2. The van der Waals surface area contributed by atoms with Crippen LogP contribution in [0.1, 0.15) is 21.6 Å². The van der Waals surface area contributed by atoms with Gasteiger partial charge >= 0.3 is 0 Å². The van der Waals surface area contributed by atoms with E-state index in [0.717, 1.165) is 16.9 Å². The van der Waals surface area contributed by atoms with E-state index in [1.807, 2.05) is 32.0 Å². The minimum absolute atomic E-state index is 0. The van der Waals surface area contributed by atoms with Gasteiger partial charge in [0, 0.05) is 32.5 Å². The number of ether oxygens (including phenoxy) is 1. The van der Waals surface area contributed by atoms with Crippen molar-refractivity contribution in [1.82, 2.24) is 4.98 Å². The molecule has 0 radical (unpaired) electrons. The van der Waals surface area contributed by atoms with Gasteiger partial charge in [0.05, 0.1) is 0 Å². The van der Waals surface area contributed by atoms with Gasteiger partial charge in [-0.15, -0.1) is 0 Å². The van der Waals surface area contributed by atoms with Crippen LogP contribution < -0.4 is 4.74 Å². The Hall–Kier alpha value is -2.08. The standard InChI is InChI=1S/C18H15ClN2O3.Ti/c1-9-4-3-5-10(2)16(9)24-11-6-7-12-13(8-11)17(19)21-14(15(12)22)18(20)23;/h3-8H,1-2H3,(H3,20,22,23);/p-1. The minimum atomic E-state index is -1.09. The van der Waals surface area contributed by atoms with Crippen LogP contribution in [0.2, 0.25) is 5.15 Å². The Labute approximate surface area is 164 Å². The maximum absolute atomic E-state index is 11.2. The van der Waals surface area contributed by atoms with Crippen molar-refractivity contribution in [3.63, 3.8) is 0 Å². The first-order chi connectivity index (χ1) is 11.4. The summed E-state index contributed by atoms with van der Waals surface area (Å²) in [6.45, 7) is 3.91. The van der Waals surface area contributed by atoms with Crippen molar-refractivity contribution in [2.75, 3.05) is 0 Å². The molecule has 3 rings (SSSR count). The van der Waals surface area contributed by atoms with Crippen LogP contribution in [-0.4, -0.2) is 16.0 Å². The maximum atomic E-state index is 11.2. The van der Waals surface area contributed by atoms with Crippen LogP contribution >= 0.6 is 11.6 Å². The number of rotatable bonds is 3. The molecule has 0 aliphatic carbocycles. The van der Waals surface area contributed by atoms with Gasteiger partial charge in [0.1, 0.15) is 28.3 Å². The van der Waals surface area contributed by atoms with Gasteiger partial charge in [0.15, 0.2) is 5.75 Å². The van der Waals surface area contributed by atoms with Crippen LogP contribution in [0.3, 0.4) is 0 Å². The molecule has 25 heavy (non-hydrogen) atoms. The molecule has 0 atom stereocenters. The van der Waals surface area contributed by atoms with E-state index < -0.39 is 5.91 Å². The normalized spacial score (nSPS) is 10.4. The Morgan fingerprint density at radius 1 is 1.16 bits per heavy atom. The number of amides is 1. The fraction of sp³-hybridized carbons (Fsp3) is 0.111. The molecule has 0 unspecified atom stereocenters. The van der Waals surface area contributed by atoms with Gasteiger partial charge in [-0.1, -0.05) is 29.8 Å². The van der Waals surface area contributed by atoms with E-state index in [2.05, 4.69) is 4.98 Å². The summed E-state index contributed by atoms with van der Waals surface area (Å²) in [5, 5.41) is 10.9. The second-order valence-electron chi connectivity index (χ2n) is 5.46. The molecule has 0 saturated carbocycles. The summed E-state index contributed by atoms with van der Waals surface area (Å²) < 4.78 is 5.95. The number of carbonyl (C=O) groups is 1. The number of benzene rings is 2. The van der Waals surface area contributed by atoms with E-state index >= 15 is 0 Å². The zero-order valence-corrected chi connectivity index (χ0v) is 15.9. The Kier molecular flexibility index (Phi) is 5.73. The number of nitrogens with zero attached hydrogens (tertiary/aromatic N) is 1. The molecule has 7 heteroatoms. The minimum Gasteiger partial charge on any atom is -0.662 e. The van der Waals surface area contributed by atoms with E-state index in [4.69, 9.17) is 22.1 Å². The van der Waals surface area contributed by atoms with Crippen LogP contribution in [0.15, 0.2) is 36.4 Å². The Bertz CT molecular complexity index is 956. The molecule has 126 valence electrons. The molecule has 3 aromatic rings. The summed E-state index contributed by atoms with van der Waals surface area (Å²) >= 11 is 6.10. The summed E-state index contributed by atoms with van der Waals surface area (Å²) in [6, 6.07) is 10.8. The average molecular weight is 390 g/mol. The number of fused-ring (bicyclic) bond motifs is 1. The third-order valence-electron chi connectivity index (χ3n) is 3.75. The third-order valence-corrected chi connectivity index (χ3v) is 4.03. The van der Waals surface area contributed by atoms with Gasteiger partial charge < -0.3 is 20.4 Å². The Morgan fingerprint density at radius 2 is 1.80 bits per heavy atom. The van der Waals surface area contributed by atoms with Crippen LogP contribution in [0, 0.1) is 13.8 Å². The molecule has 0 saturated heterocycles. The number of halogens is 1. The Balaban J connectivity index is 0.00000225. The molecule has 1 amide bonds. The van der Waals surface area contributed by atoms with Gasteiger partial charge in [-0.3, -0.25) is 0 Å². The molecular weight excluding hydrogens is 376 g/mol. The Morgan fingerprint density at radius 3 is 2.40 bits per heavy atom. The van der Waals surface area contributed by atoms with Crippen molar-refractivity contribution in [1.29, 1.82) is 0 Å². The number of aromatic nitrogens is 1. The van der Waals surface area contributed by atoms with E-state index in [1.54, 1.807) is 18.2 Å². The molecule has 0 aliphatic heterocycles. The van der Waals surface area contributed by atoms with Crippen molar-refractivity contribution in [3.8, 4) is 17.2 Å². The van der Waals surface area contributed by atoms with Crippen molar-refractivity contribution >= 4 is 28.3 Å². The van der Waals surface area contributed by atoms with Crippen molar-refractivity contribution in [3.05, 3.63) is 64.1 Å². The first-order valence-electron chi connectivity index (χ1n) is 7.20. The summed E-state index contributed by atoms with van der Waals surface area (Å²) in [5.74, 6) is -0.156. The van der Waals surface area contributed by atoms with Gasteiger partial charge in [-0.25, -0.2) is 4.98 Å². The number of nitrogens with one attached hydrogen (secondary N) is 1. The van der Waals surface area contributed by atoms with E-state index in [9.17, 15) is 9.90 Å². The van der Waals surface area contributed by atoms with Gasteiger partial charge in [0.25, 0.3) is 0 Å². The van der Waals surface area contributed by atoms with E-state index in [0.29, 0.717) is 16.5 Å². The van der Waals surface area contributed by atoms with Crippen LogP contribution in [0.25, 0.3) is 16.5 Å². The van der Waals surface area contributed by atoms with Crippen LogP contribution in [-0.2, 0) is 21.7 Å².